The molecule has 42 heavy (non-hydrogen) atoms. The molecule has 4 rings (SSSR count). The van der Waals surface area contributed by atoms with Crippen molar-refractivity contribution >= 4 is 51.8 Å². The van der Waals surface area contributed by atoms with E-state index < -0.39 is 5.41 Å². The molecule has 0 saturated heterocycles. The molecule has 0 aliphatic rings. The fraction of sp³-hybridized carbons (Fsp3) is 0.382. The highest BCUT2D eigenvalue weighted by atomic mass is 35.5. The van der Waals surface area contributed by atoms with Crippen LogP contribution in [0.5, 0.6) is 11.5 Å². The van der Waals surface area contributed by atoms with Crippen LogP contribution >= 0.6 is 22.9 Å². The van der Waals surface area contributed by atoms with Gasteiger partial charge in [-0.05, 0) is 46.7 Å². The smallest absolute Gasteiger partial charge is 0.269 e. The number of carbonyl (C=O) groups excluding carboxylic acids is 1. The summed E-state index contributed by atoms with van der Waals surface area (Å²) >= 11 is 7.57. The van der Waals surface area contributed by atoms with Crippen LogP contribution in [0.1, 0.15) is 82.6 Å². The van der Waals surface area contributed by atoms with Crippen molar-refractivity contribution in [3.05, 3.63) is 83.4 Å². The zero-order valence-corrected chi connectivity index (χ0v) is 27.4. The molecule has 0 atom stereocenters. The van der Waals surface area contributed by atoms with E-state index in [9.17, 15) is 9.59 Å². The highest BCUT2D eigenvalue weighted by Crippen LogP contribution is 2.36. The summed E-state index contributed by atoms with van der Waals surface area (Å²) in [6.07, 6.45) is 3.37. The Morgan fingerprint density at radius 2 is 1.71 bits per heavy atom. The topological polar surface area (TPSA) is 70.4 Å². The number of methoxy groups -OCH3 is 2. The Balaban J connectivity index is 2.03. The van der Waals surface area contributed by atoms with E-state index in [-0.39, 0.29) is 17.3 Å². The number of thiazole rings is 1. The number of carbonyl (C=O) groups is 1. The van der Waals surface area contributed by atoms with Gasteiger partial charge in [0.2, 0.25) is 0 Å². The summed E-state index contributed by atoms with van der Waals surface area (Å²) in [5.74, 6) is 1.70. The van der Waals surface area contributed by atoms with E-state index in [1.165, 1.54) is 22.5 Å². The molecule has 2 heterocycles. The second kappa shape index (κ2) is 12.4. The van der Waals surface area contributed by atoms with E-state index in [1.54, 1.807) is 43.1 Å². The number of Topliss-reactive ketones (excluding diaryl/α,β-unsaturated/α-hetero) is 1. The highest BCUT2D eigenvalue weighted by Gasteiger charge is 2.21. The molecule has 0 bridgehead atoms. The fourth-order valence-electron chi connectivity index (χ4n) is 4.78. The number of ketones is 1. The molecule has 0 spiro atoms. The van der Waals surface area contributed by atoms with Gasteiger partial charge in [0.1, 0.15) is 21.3 Å². The van der Waals surface area contributed by atoms with E-state index in [1.807, 2.05) is 26.8 Å². The van der Waals surface area contributed by atoms with Crippen LogP contribution in [0.15, 0.2) is 41.2 Å². The van der Waals surface area contributed by atoms with Crippen molar-refractivity contribution in [1.29, 1.82) is 0 Å². The minimum atomic E-state index is -0.590. The first-order valence-electron chi connectivity index (χ1n) is 14.1. The molecule has 0 saturated carbocycles. The summed E-state index contributed by atoms with van der Waals surface area (Å²) in [6, 6.07) is 11.8. The number of nitrogens with zero attached hydrogens (tertiary/aromatic N) is 2. The molecule has 6 nitrogen and oxygen atoms in total. The first kappa shape index (κ1) is 31.5. The van der Waals surface area contributed by atoms with Crippen LogP contribution in [0.2, 0.25) is 5.15 Å². The van der Waals surface area contributed by atoms with Crippen LogP contribution in [0.3, 0.4) is 0 Å². The maximum atomic E-state index is 14.1. The number of hydrogen-bond donors (Lipinski definition) is 0. The normalized spacial score (nSPS) is 13.0. The third kappa shape index (κ3) is 6.47. The third-order valence-electron chi connectivity index (χ3n) is 7.34. The molecule has 2 aromatic heterocycles. The van der Waals surface area contributed by atoms with E-state index in [0.717, 1.165) is 10.9 Å². The Bertz CT molecular complexity index is 1830. The van der Waals surface area contributed by atoms with Gasteiger partial charge in [0.05, 0.1) is 30.8 Å². The molecule has 0 unspecified atom stereocenters. The molecule has 222 valence electrons. The van der Waals surface area contributed by atoms with Crippen LogP contribution in [0.4, 0.5) is 0 Å². The quantitative estimate of drug-likeness (QED) is 0.210. The Hall–Kier alpha value is -3.42. The Kier molecular flexibility index (Phi) is 9.33. The average molecular weight is 607 g/mol. The van der Waals surface area contributed by atoms with Gasteiger partial charge in [0, 0.05) is 28.5 Å². The van der Waals surface area contributed by atoms with Gasteiger partial charge in [0.15, 0.2) is 5.78 Å². The van der Waals surface area contributed by atoms with Gasteiger partial charge < -0.3 is 9.47 Å². The lowest BCUT2D eigenvalue weighted by Gasteiger charge is -2.17. The molecule has 0 amide bonds. The van der Waals surface area contributed by atoms with Crippen LogP contribution in [0.25, 0.3) is 23.1 Å². The van der Waals surface area contributed by atoms with Crippen molar-refractivity contribution in [2.45, 2.75) is 66.8 Å². The first-order valence-corrected chi connectivity index (χ1v) is 15.3. The molecule has 4 aromatic rings. The Morgan fingerprint density at radius 3 is 2.31 bits per heavy atom. The van der Waals surface area contributed by atoms with Crippen molar-refractivity contribution < 1.29 is 14.3 Å². The Labute approximate surface area is 256 Å². The summed E-state index contributed by atoms with van der Waals surface area (Å²) in [5.41, 5.74) is 3.89. The molecule has 0 aliphatic carbocycles. The van der Waals surface area contributed by atoms with E-state index in [4.69, 9.17) is 21.1 Å². The predicted octanol–water partition coefficient (Wildman–Crippen LogP) is 6.65. The average Bonchev–Trinajstić information content (AvgIpc) is 3.21. The number of halogens is 1. The number of benzene rings is 2. The minimum absolute atomic E-state index is 0.0517. The highest BCUT2D eigenvalue weighted by molar-refractivity contribution is 7.07. The summed E-state index contributed by atoms with van der Waals surface area (Å²) in [6.45, 7) is 14.6. The minimum Gasteiger partial charge on any atom is -0.496 e. The van der Waals surface area contributed by atoms with Gasteiger partial charge in [0.25, 0.3) is 5.56 Å². The summed E-state index contributed by atoms with van der Waals surface area (Å²) in [4.78, 5) is 31.8. The Morgan fingerprint density at radius 1 is 1.02 bits per heavy atom. The molecule has 0 radical (unpaired) electrons. The molecule has 0 N–H and O–H groups in total. The van der Waals surface area contributed by atoms with Gasteiger partial charge in [-0.3, -0.25) is 14.2 Å². The first-order chi connectivity index (χ1) is 19.7. The third-order valence-corrected chi connectivity index (χ3v) is 8.61. The zero-order chi connectivity index (χ0) is 30.9. The predicted molar refractivity (Wildman–Crippen MR) is 174 cm³/mol. The number of rotatable bonds is 8. The summed E-state index contributed by atoms with van der Waals surface area (Å²) in [5, 5.41) is 1.05. The van der Waals surface area contributed by atoms with Gasteiger partial charge in [-0.25, -0.2) is 4.98 Å². The lowest BCUT2D eigenvalue weighted by molar-refractivity contribution is -0.120. The maximum absolute atomic E-state index is 14.1. The van der Waals surface area contributed by atoms with E-state index in [0.29, 0.717) is 49.4 Å². The number of aromatic nitrogens is 2. The van der Waals surface area contributed by atoms with Crippen LogP contribution in [-0.2, 0) is 11.3 Å². The second-order valence-electron chi connectivity index (χ2n) is 12.1. The standard InChI is InChI=1S/C34H39ClN2O4S/c1-19(2)21-10-11-22(24(14-21)20(3)4)18-37-31(17-29(38)34(5,6)7)42-28(33(37)39)15-25-27(41-9)16-26(40-8)23-12-13-30(35)36-32(23)25/h10-17,19-20H,18H2,1-9H3/b28-15-,31-17+. The molecule has 0 fully saturated rings. The van der Waals surface area contributed by atoms with Gasteiger partial charge in [-0.2, -0.15) is 0 Å². The largest absolute Gasteiger partial charge is 0.496 e. The zero-order valence-electron chi connectivity index (χ0n) is 25.8. The van der Waals surface area contributed by atoms with Crippen molar-refractivity contribution in [3.8, 4) is 11.5 Å². The molecular formula is C34H39ClN2O4S. The van der Waals surface area contributed by atoms with Gasteiger partial charge in [-0.1, -0.05) is 78.3 Å². The van der Waals surface area contributed by atoms with Crippen molar-refractivity contribution in [2.24, 2.45) is 5.41 Å². The van der Waals surface area contributed by atoms with E-state index >= 15 is 0 Å². The van der Waals surface area contributed by atoms with Crippen LogP contribution in [0, 0.1) is 5.41 Å². The lowest BCUT2D eigenvalue weighted by atomic mass is 9.91. The molecule has 2 aromatic carbocycles. The fourth-order valence-corrected chi connectivity index (χ4v) is 5.96. The summed E-state index contributed by atoms with van der Waals surface area (Å²) < 4.78 is 14.0. The van der Waals surface area contributed by atoms with Gasteiger partial charge >= 0.3 is 0 Å². The SMILES string of the molecule is COc1cc(OC)c2ccc(Cl)nc2c1/C=c1\s/c(=C/C(=O)C(C)(C)C)n(Cc2ccc(C(C)C)cc2C(C)C)c1=O. The monoisotopic (exact) mass is 606 g/mol. The van der Waals surface area contributed by atoms with Gasteiger partial charge in [-0.15, -0.1) is 11.3 Å². The maximum Gasteiger partial charge on any atom is 0.269 e. The lowest BCUT2D eigenvalue weighted by Crippen LogP contribution is -2.33. The van der Waals surface area contributed by atoms with E-state index in [2.05, 4.69) is 50.9 Å². The number of fused-ring (bicyclic) bond motifs is 1. The van der Waals surface area contributed by atoms with Crippen LogP contribution < -0.4 is 24.2 Å². The molecule has 8 heteroatoms. The molecule has 0 aliphatic heterocycles. The van der Waals surface area contributed by atoms with Crippen molar-refractivity contribution in [3.63, 3.8) is 0 Å². The van der Waals surface area contributed by atoms with Crippen LogP contribution in [-0.4, -0.2) is 29.6 Å². The number of ether oxygens (including phenoxy) is 2. The number of pyridine rings is 1. The summed E-state index contributed by atoms with van der Waals surface area (Å²) in [7, 11) is 3.14. The molecular weight excluding hydrogens is 568 g/mol. The number of hydrogen-bond acceptors (Lipinski definition) is 6. The van der Waals surface area contributed by atoms with Crippen molar-refractivity contribution in [2.75, 3.05) is 14.2 Å². The second-order valence-corrected chi connectivity index (χ2v) is 13.5. The van der Waals surface area contributed by atoms with Crippen molar-refractivity contribution in [1.82, 2.24) is 9.55 Å².